The Kier molecular flexibility index (Phi) is 7.59. The summed E-state index contributed by atoms with van der Waals surface area (Å²) in [5.41, 5.74) is 4.08. The zero-order valence-corrected chi connectivity index (χ0v) is 18.9. The van der Waals surface area contributed by atoms with Gasteiger partial charge in [0.1, 0.15) is 11.6 Å². The van der Waals surface area contributed by atoms with Crippen molar-refractivity contribution in [2.24, 2.45) is 5.92 Å². The Morgan fingerprint density at radius 1 is 1.10 bits per heavy atom. The number of rotatable bonds is 9. The summed E-state index contributed by atoms with van der Waals surface area (Å²) in [4.78, 5) is 5.16. The molecule has 31 heavy (non-hydrogen) atoms. The minimum absolute atomic E-state index is 0.260. The van der Waals surface area contributed by atoms with Crippen molar-refractivity contribution in [1.82, 2.24) is 9.80 Å². The van der Waals surface area contributed by atoms with Gasteiger partial charge in [0.05, 0.1) is 13.7 Å². The molecule has 1 aliphatic heterocycles. The molecule has 0 bridgehead atoms. The molecule has 1 aliphatic carbocycles. The first-order valence-corrected chi connectivity index (χ1v) is 11.5. The quantitative estimate of drug-likeness (QED) is 0.601. The Balaban J connectivity index is 1.39. The Morgan fingerprint density at radius 2 is 1.87 bits per heavy atom. The maximum Gasteiger partial charge on any atom is 0.126 e. The molecule has 0 amide bonds. The van der Waals surface area contributed by atoms with Gasteiger partial charge in [-0.1, -0.05) is 30.3 Å². The fraction of sp³-hybridized carbons (Fsp3) is 0.538. The second-order valence-electron chi connectivity index (χ2n) is 9.02. The van der Waals surface area contributed by atoms with Crippen molar-refractivity contribution < 1.29 is 13.9 Å². The van der Waals surface area contributed by atoms with E-state index in [1.807, 2.05) is 6.07 Å². The van der Waals surface area contributed by atoms with E-state index < -0.39 is 0 Å². The highest BCUT2D eigenvalue weighted by molar-refractivity contribution is 5.34. The molecular formula is C26H35FN2O2. The van der Waals surface area contributed by atoms with Gasteiger partial charge in [0.15, 0.2) is 0 Å². The highest BCUT2D eigenvalue weighted by Crippen LogP contribution is 2.29. The molecule has 0 aromatic heterocycles. The zero-order valence-electron chi connectivity index (χ0n) is 18.9. The van der Waals surface area contributed by atoms with E-state index >= 15 is 0 Å². The lowest BCUT2D eigenvalue weighted by Crippen LogP contribution is -2.46. The number of piperidine rings is 1. The highest BCUT2D eigenvalue weighted by Gasteiger charge is 2.31. The van der Waals surface area contributed by atoms with Crippen LogP contribution in [0.1, 0.15) is 29.5 Å². The monoisotopic (exact) mass is 426 g/mol. The van der Waals surface area contributed by atoms with Crippen LogP contribution in [0.2, 0.25) is 0 Å². The van der Waals surface area contributed by atoms with Crippen molar-refractivity contribution in [3.05, 3.63) is 65.0 Å². The van der Waals surface area contributed by atoms with Crippen LogP contribution < -0.4 is 4.74 Å². The molecule has 0 N–H and O–H groups in total. The van der Waals surface area contributed by atoms with Crippen molar-refractivity contribution in [3.8, 4) is 5.75 Å². The third-order valence-electron chi connectivity index (χ3n) is 6.87. The summed E-state index contributed by atoms with van der Waals surface area (Å²) in [6.45, 7) is 5.69. The molecule has 0 radical (unpaired) electrons. The summed E-state index contributed by atoms with van der Waals surface area (Å²) in [5.74, 6) is 1.00. The van der Waals surface area contributed by atoms with Crippen LogP contribution in [0.4, 0.5) is 4.39 Å². The summed E-state index contributed by atoms with van der Waals surface area (Å²) in [7, 11) is 3.35. The number of nitrogens with zero attached hydrogens (tertiary/aromatic N) is 2. The molecule has 1 heterocycles. The Morgan fingerprint density at radius 3 is 2.58 bits per heavy atom. The number of halogens is 1. The van der Waals surface area contributed by atoms with Crippen molar-refractivity contribution in [2.75, 3.05) is 47.0 Å². The molecule has 0 saturated carbocycles. The van der Waals surface area contributed by atoms with Crippen LogP contribution >= 0.6 is 0 Å². The lowest BCUT2D eigenvalue weighted by molar-refractivity contribution is 0.0840. The van der Waals surface area contributed by atoms with E-state index in [1.165, 1.54) is 55.5 Å². The van der Waals surface area contributed by atoms with E-state index in [0.29, 0.717) is 24.3 Å². The van der Waals surface area contributed by atoms with Gasteiger partial charge < -0.3 is 9.47 Å². The van der Waals surface area contributed by atoms with Crippen molar-refractivity contribution in [2.45, 2.75) is 38.3 Å². The normalized spacial score (nSPS) is 19.7. The summed E-state index contributed by atoms with van der Waals surface area (Å²) >= 11 is 0. The Hall–Kier alpha value is -1.95. The number of benzene rings is 2. The first-order chi connectivity index (χ1) is 15.2. The van der Waals surface area contributed by atoms with Gasteiger partial charge in [0, 0.05) is 51.0 Å². The van der Waals surface area contributed by atoms with Crippen LogP contribution in [0, 0.1) is 11.7 Å². The average molecular weight is 427 g/mol. The van der Waals surface area contributed by atoms with Crippen molar-refractivity contribution >= 4 is 0 Å². The van der Waals surface area contributed by atoms with Crippen molar-refractivity contribution in [1.29, 1.82) is 0 Å². The van der Waals surface area contributed by atoms with Gasteiger partial charge in [-0.25, -0.2) is 4.39 Å². The average Bonchev–Trinajstić information content (AvgIpc) is 3.23. The summed E-state index contributed by atoms with van der Waals surface area (Å²) in [6.07, 6.45) is 4.89. The summed E-state index contributed by atoms with van der Waals surface area (Å²) in [5, 5.41) is 0. The second-order valence-corrected chi connectivity index (χ2v) is 9.02. The van der Waals surface area contributed by atoms with Crippen LogP contribution in [0.3, 0.4) is 0 Å². The Bertz CT molecular complexity index is 834. The van der Waals surface area contributed by atoms with Gasteiger partial charge in [-0.3, -0.25) is 9.80 Å². The highest BCUT2D eigenvalue weighted by atomic mass is 19.1. The zero-order chi connectivity index (χ0) is 21.6. The van der Waals surface area contributed by atoms with E-state index in [9.17, 15) is 4.39 Å². The summed E-state index contributed by atoms with van der Waals surface area (Å²) in [6, 6.07) is 14.4. The van der Waals surface area contributed by atoms with Crippen LogP contribution in [0.25, 0.3) is 0 Å². The molecule has 4 rings (SSSR count). The third-order valence-corrected chi connectivity index (χ3v) is 6.87. The van der Waals surface area contributed by atoms with Gasteiger partial charge in [0.2, 0.25) is 0 Å². The lowest BCUT2D eigenvalue weighted by Gasteiger charge is -2.39. The maximum absolute atomic E-state index is 13.6. The molecule has 5 heteroatoms. The van der Waals surface area contributed by atoms with Crippen molar-refractivity contribution in [3.63, 3.8) is 0 Å². The molecule has 2 aromatic rings. The predicted octanol–water partition coefficient (Wildman–Crippen LogP) is 4.16. The lowest BCUT2D eigenvalue weighted by atomic mass is 9.95. The largest absolute Gasteiger partial charge is 0.496 e. The topological polar surface area (TPSA) is 24.9 Å². The standard InChI is InChI=1S/C26H35FN2O2/c1-30-13-12-28(19-23-9-10-24(27)16-26(23)31-2)17-20-6-5-11-29(18-20)25-14-21-7-3-4-8-22(21)15-25/h3-4,7-10,16,20,25H,5-6,11-15,17-19H2,1-2H3. The first-order valence-electron chi connectivity index (χ1n) is 11.5. The molecule has 0 spiro atoms. The maximum atomic E-state index is 13.6. The van der Waals surface area contributed by atoms with Gasteiger partial charge in [-0.2, -0.15) is 0 Å². The number of fused-ring (bicyclic) bond motifs is 1. The van der Waals surface area contributed by atoms with E-state index in [4.69, 9.17) is 9.47 Å². The van der Waals surface area contributed by atoms with E-state index in [1.54, 1.807) is 14.2 Å². The Labute approximate surface area is 185 Å². The third kappa shape index (κ3) is 5.65. The van der Waals surface area contributed by atoms with E-state index in [2.05, 4.69) is 34.1 Å². The number of hydrogen-bond donors (Lipinski definition) is 0. The number of likely N-dealkylation sites (tertiary alicyclic amines) is 1. The smallest absolute Gasteiger partial charge is 0.126 e. The van der Waals surface area contributed by atoms with Gasteiger partial charge in [-0.15, -0.1) is 0 Å². The van der Waals surface area contributed by atoms with Crippen LogP contribution in [-0.2, 0) is 24.1 Å². The predicted molar refractivity (Wildman–Crippen MR) is 122 cm³/mol. The summed E-state index contributed by atoms with van der Waals surface area (Å²) < 4.78 is 24.4. The van der Waals surface area contributed by atoms with Crippen LogP contribution in [-0.4, -0.2) is 62.8 Å². The molecule has 4 nitrogen and oxygen atoms in total. The molecule has 1 unspecified atom stereocenters. The molecule has 2 aliphatic rings. The van der Waals surface area contributed by atoms with Crippen LogP contribution in [0.15, 0.2) is 42.5 Å². The fourth-order valence-electron chi connectivity index (χ4n) is 5.28. The minimum Gasteiger partial charge on any atom is -0.496 e. The molecule has 2 aromatic carbocycles. The number of ether oxygens (including phenoxy) is 2. The van der Waals surface area contributed by atoms with Crippen LogP contribution in [0.5, 0.6) is 5.75 Å². The fourth-order valence-corrected chi connectivity index (χ4v) is 5.28. The molecule has 1 saturated heterocycles. The van der Waals surface area contributed by atoms with E-state index in [-0.39, 0.29) is 5.82 Å². The second kappa shape index (κ2) is 10.6. The minimum atomic E-state index is -0.260. The van der Waals surface area contributed by atoms with Gasteiger partial charge in [0.25, 0.3) is 0 Å². The van der Waals surface area contributed by atoms with E-state index in [0.717, 1.165) is 31.7 Å². The van der Waals surface area contributed by atoms with Gasteiger partial charge in [-0.05, 0) is 55.3 Å². The molecular weight excluding hydrogens is 391 g/mol. The SMILES string of the molecule is COCCN(Cc1ccc(F)cc1OC)CC1CCCN(C2Cc3ccccc3C2)C1. The van der Waals surface area contributed by atoms with Gasteiger partial charge >= 0.3 is 0 Å². The number of hydrogen-bond acceptors (Lipinski definition) is 4. The number of methoxy groups -OCH3 is 2. The first kappa shape index (κ1) is 22.3. The molecule has 1 fully saturated rings. The molecule has 168 valence electrons. The molecule has 1 atom stereocenters.